The molecule has 0 aromatic carbocycles. The molecule has 1 unspecified atom stereocenters. The zero-order chi connectivity index (χ0) is 9.26. The summed E-state index contributed by atoms with van der Waals surface area (Å²) in [6.45, 7) is 2.22. The monoisotopic (exact) mass is 197 g/mol. The molecule has 1 aliphatic rings. The molecule has 1 fully saturated rings. The maximum atomic E-state index is 5.53. The van der Waals surface area contributed by atoms with Crippen molar-refractivity contribution >= 4 is 22.4 Å². The number of nitrogens with one attached hydrogen (secondary N) is 1. The highest BCUT2D eigenvalue weighted by Crippen LogP contribution is 2.34. The van der Waals surface area contributed by atoms with Gasteiger partial charge in [0.15, 0.2) is 0 Å². The van der Waals surface area contributed by atoms with Crippen molar-refractivity contribution in [1.82, 2.24) is 4.37 Å². The Labute approximate surface area is 82.5 Å². The van der Waals surface area contributed by atoms with Gasteiger partial charge < -0.3 is 11.1 Å². The molecular weight excluding hydrogens is 182 g/mol. The molecule has 13 heavy (non-hydrogen) atoms. The van der Waals surface area contributed by atoms with Crippen LogP contribution in [0.3, 0.4) is 0 Å². The quantitative estimate of drug-likeness (QED) is 0.779. The van der Waals surface area contributed by atoms with E-state index in [1.54, 1.807) is 0 Å². The van der Waals surface area contributed by atoms with Gasteiger partial charge in [-0.2, -0.15) is 4.37 Å². The fourth-order valence-electron chi connectivity index (χ4n) is 1.51. The molecule has 4 heteroatoms. The summed E-state index contributed by atoms with van der Waals surface area (Å²) in [5.74, 6) is 1.58. The lowest BCUT2D eigenvalue weighted by atomic mass is 10.2. The van der Waals surface area contributed by atoms with Crippen molar-refractivity contribution in [2.24, 2.45) is 5.92 Å². The Kier molecular flexibility index (Phi) is 2.40. The van der Waals surface area contributed by atoms with Crippen LogP contribution in [0.25, 0.3) is 0 Å². The summed E-state index contributed by atoms with van der Waals surface area (Å²) in [5, 5.41) is 4.50. The third kappa shape index (κ3) is 2.59. The molecule has 0 saturated heterocycles. The first-order chi connectivity index (χ1) is 6.24. The minimum Gasteiger partial charge on any atom is -0.383 e. The molecule has 72 valence electrons. The minimum absolute atomic E-state index is 0.548. The van der Waals surface area contributed by atoms with Gasteiger partial charge in [-0.25, -0.2) is 0 Å². The molecule has 1 heterocycles. The van der Waals surface area contributed by atoms with Gasteiger partial charge in [0.25, 0.3) is 0 Å². The van der Waals surface area contributed by atoms with Gasteiger partial charge in [-0.3, -0.25) is 0 Å². The molecular formula is C9H15N3S. The lowest BCUT2D eigenvalue weighted by Gasteiger charge is -2.11. The second-order valence-corrected chi connectivity index (χ2v) is 4.65. The summed E-state index contributed by atoms with van der Waals surface area (Å²) < 4.78 is 4.02. The van der Waals surface area contributed by atoms with Gasteiger partial charge in [0.2, 0.25) is 0 Å². The van der Waals surface area contributed by atoms with Crippen LogP contribution in [0.15, 0.2) is 6.07 Å². The summed E-state index contributed by atoms with van der Waals surface area (Å²) in [6, 6.07) is 2.45. The molecule has 3 nitrogen and oxygen atoms in total. The van der Waals surface area contributed by atoms with Crippen LogP contribution in [0, 0.1) is 5.92 Å². The Hall–Kier alpha value is -0.770. The van der Waals surface area contributed by atoms with Crippen molar-refractivity contribution < 1.29 is 0 Å². The van der Waals surface area contributed by atoms with E-state index in [-0.39, 0.29) is 0 Å². The topological polar surface area (TPSA) is 50.9 Å². The van der Waals surface area contributed by atoms with Crippen LogP contribution >= 0.6 is 11.5 Å². The molecule has 1 aromatic heterocycles. The number of nitrogens with two attached hydrogens (primary N) is 1. The SMILES string of the molecule is CC(CC1CC1)Nc1cc(N)ns1. The lowest BCUT2D eigenvalue weighted by Crippen LogP contribution is -2.14. The molecule has 2 rings (SSSR count). The molecule has 1 atom stereocenters. The van der Waals surface area contributed by atoms with E-state index in [4.69, 9.17) is 5.73 Å². The summed E-state index contributed by atoms with van der Waals surface area (Å²) >= 11 is 1.44. The third-order valence-electron chi connectivity index (χ3n) is 2.30. The van der Waals surface area contributed by atoms with Gasteiger partial charge in [-0.15, -0.1) is 0 Å². The number of hydrogen-bond acceptors (Lipinski definition) is 4. The maximum absolute atomic E-state index is 5.53. The molecule has 3 N–H and O–H groups in total. The van der Waals surface area contributed by atoms with Crippen molar-refractivity contribution in [1.29, 1.82) is 0 Å². The van der Waals surface area contributed by atoms with Gasteiger partial charge in [0, 0.05) is 12.1 Å². The van der Waals surface area contributed by atoms with Crippen molar-refractivity contribution in [2.45, 2.75) is 32.2 Å². The van der Waals surface area contributed by atoms with Gasteiger partial charge in [-0.1, -0.05) is 12.8 Å². The predicted molar refractivity (Wildman–Crippen MR) is 57.0 cm³/mol. The molecule has 1 aliphatic carbocycles. The van der Waals surface area contributed by atoms with Gasteiger partial charge >= 0.3 is 0 Å². The Morgan fingerprint density at radius 1 is 1.77 bits per heavy atom. The van der Waals surface area contributed by atoms with Crippen LogP contribution in [0.4, 0.5) is 10.8 Å². The van der Waals surface area contributed by atoms with E-state index in [0.717, 1.165) is 10.9 Å². The number of nitrogens with zero attached hydrogens (tertiary/aromatic N) is 1. The van der Waals surface area contributed by atoms with Crippen LogP contribution < -0.4 is 11.1 Å². The van der Waals surface area contributed by atoms with Crippen molar-refractivity contribution in [3.8, 4) is 0 Å². The van der Waals surface area contributed by atoms with Crippen molar-refractivity contribution in [2.75, 3.05) is 11.1 Å². The summed E-state index contributed by atoms with van der Waals surface area (Å²) in [6.07, 6.45) is 4.10. The first kappa shape index (κ1) is 8.81. The van der Waals surface area contributed by atoms with E-state index >= 15 is 0 Å². The highest BCUT2D eigenvalue weighted by Gasteiger charge is 2.23. The van der Waals surface area contributed by atoms with Gasteiger partial charge in [-0.05, 0) is 30.8 Å². The average molecular weight is 197 g/mol. The van der Waals surface area contributed by atoms with Crippen LogP contribution in [0.5, 0.6) is 0 Å². The second kappa shape index (κ2) is 3.54. The Balaban J connectivity index is 1.82. The molecule has 1 saturated carbocycles. The van der Waals surface area contributed by atoms with Crippen LogP contribution in [0.2, 0.25) is 0 Å². The number of anilines is 2. The van der Waals surface area contributed by atoms with Crippen molar-refractivity contribution in [3.05, 3.63) is 6.07 Å². The molecule has 0 aliphatic heterocycles. The molecule has 1 aromatic rings. The highest BCUT2D eigenvalue weighted by molar-refractivity contribution is 7.10. The first-order valence-corrected chi connectivity index (χ1v) is 5.50. The van der Waals surface area contributed by atoms with Crippen LogP contribution in [0.1, 0.15) is 26.2 Å². The average Bonchev–Trinajstić information content (AvgIpc) is 2.76. The first-order valence-electron chi connectivity index (χ1n) is 4.73. The summed E-state index contributed by atoms with van der Waals surface area (Å²) in [5.41, 5.74) is 5.53. The zero-order valence-electron chi connectivity index (χ0n) is 7.79. The summed E-state index contributed by atoms with van der Waals surface area (Å²) in [4.78, 5) is 0. The van der Waals surface area contributed by atoms with Crippen LogP contribution in [-0.4, -0.2) is 10.4 Å². The predicted octanol–water partition coefficient (Wildman–Crippen LogP) is 2.33. The van der Waals surface area contributed by atoms with E-state index < -0.39 is 0 Å². The largest absolute Gasteiger partial charge is 0.383 e. The van der Waals surface area contributed by atoms with E-state index in [2.05, 4.69) is 16.6 Å². The number of nitrogen functional groups attached to an aromatic ring is 1. The lowest BCUT2D eigenvalue weighted by molar-refractivity contribution is 0.643. The molecule has 0 bridgehead atoms. The van der Waals surface area contributed by atoms with Crippen LogP contribution in [-0.2, 0) is 0 Å². The maximum Gasteiger partial charge on any atom is 0.139 e. The fourth-order valence-corrected chi connectivity index (χ4v) is 2.20. The number of hydrogen-bond donors (Lipinski definition) is 2. The van der Waals surface area contributed by atoms with E-state index in [1.807, 2.05) is 6.07 Å². The Morgan fingerprint density at radius 3 is 3.08 bits per heavy atom. The normalized spacial score (nSPS) is 18.5. The number of rotatable bonds is 4. The van der Waals surface area contributed by atoms with E-state index in [0.29, 0.717) is 11.9 Å². The summed E-state index contributed by atoms with van der Waals surface area (Å²) in [7, 11) is 0. The third-order valence-corrected chi connectivity index (χ3v) is 3.04. The van der Waals surface area contributed by atoms with E-state index in [1.165, 1.54) is 30.8 Å². The second-order valence-electron chi connectivity index (χ2n) is 3.84. The molecule has 0 amide bonds. The van der Waals surface area contributed by atoms with Crippen molar-refractivity contribution in [3.63, 3.8) is 0 Å². The van der Waals surface area contributed by atoms with Gasteiger partial charge in [0.05, 0.1) is 0 Å². The highest BCUT2D eigenvalue weighted by atomic mass is 32.1. The molecule has 0 radical (unpaired) electrons. The fraction of sp³-hybridized carbons (Fsp3) is 0.667. The van der Waals surface area contributed by atoms with E-state index in [9.17, 15) is 0 Å². The Morgan fingerprint density at radius 2 is 2.54 bits per heavy atom. The Bertz CT molecular complexity index is 280. The van der Waals surface area contributed by atoms with Gasteiger partial charge in [0.1, 0.15) is 10.8 Å². The smallest absolute Gasteiger partial charge is 0.139 e. The zero-order valence-corrected chi connectivity index (χ0v) is 8.60. The minimum atomic E-state index is 0.548. The standard InChI is InChI=1S/C9H15N3S/c1-6(4-7-2-3-7)11-9-5-8(10)12-13-9/h5-7,11H,2-4H2,1H3,(H2,10,12). The molecule has 0 spiro atoms. The number of aromatic nitrogens is 1.